The van der Waals surface area contributed by atoms with Crippen molar-refractivity contribution in [3.8, 4) is 0 Å². The monoisotopic (exact) mass is 344 g/mol. The zero-order chi connectivity index (χ0) is 18.3. The normalized spacial score (nSPS) is 15.4. The number of hydrogen-bond donors (Lipinski definition) is 2. The van der Waals surface area contributed by atoms with Gasteiger partial charge in [-0.1, -0.05) is 43.7 Å². The number of rotatable bonds is 6. The number of carbonyl (C=O) groups is 1. The van der Waals surface area contributed by atoms with Crippen LogP contribution >= 0.6 is 0 Å². The van der Waals surface area contributed by atoms with E-state index in [9.17, 15) is 4.79 Å². The molecule has 0 bridgehead atoms. The number of aryl methyl sites for hydroxylation is 1. The Bertz CT molecular complexity index is 586. The average Bonchev–Trinajstić information content (AvgIpc) is 3.12. The Morgan fingerprint density at radius 3 is 2.40 bits per heavy atom. The van der Waals surface area contributed by atoms with Gasteiger partial charge in [-0.15, -0.1) is 0 Å². The van der Waals surface area contributed by atoms with Crippen LogP contribution in [-0.4, -0.2) is 49.5 Å². The number of guanidine groups is 1. The van der Waals surface area contributed by atoms with Crippen molar-refractivity contribution in [3.05, 3.63) is 35.4 Å². The molecule has 0 aromatic heterocycles. The van der Waals surface area contributed by atoms with Gasteiger partial charge in [0.05, 0.1) is 0 Å². The lowest BCUT2D eigenvalue weighted by Gasteiger charge is -2.27. The van der Waals surface area contributed by atoms with E-state index in [1.807, 2.05) is 11.8 Å². The first-order valence-corrected chi connectivity index (χ1v) is 9.29. The molecule has 1 saturated heterocycles. The quantitative estimate of drug-likeness (QED) is 0.616. The lowest BCUT2D eigenvalue weighted by Crippen LogP contribution is -2.44. The van der Waals surface area contributed by atoms with E-state index in [0.717, 1.165) is 39.0 Å². The summed E-state index contributed by atoms with van der Waals surface area (Å²) in [5.41, 5.74) is 2.53. The summed E-state index contributed by atoms with van der Waals surface area (Å²) < 4.78 is 0. The molecule has 25 heavy (non-hydrogen) atoms. The maximum atomic E-state index is 12.2. The minimum atomic E-state index is -0.0249. The Hall–Kier alpha value is -2.04. The summed E-state index contributed by atoms with van der Waals surface area (Å²) >= 11 is 0. The van der Waals surface area contributed by atoms with Crippen LogP contribution in [0.15, 0.2) is 29.3 Å². The number of likely N-dealkylation sites (tertiary alicyclic amines) is 1. The number of benzene rings is 1. The van der Waals surface area contributed by atoms with Gasteiger partial charge in [0.15, 0.2) is 5.96 Å². The van der Waals surface area contributed by atoms with E-state index >= 15 is 0 Å². The molecule has 2 rings (SSSR count). The number of hydrogen-bond acceptors (Lipinski definition) is 2. The van der Waals surface area contributed by atoms with Gasteiger partial charge in [0.1, 0.15) is 6.54 Å². The van der Waals surface area contributed by atoms with E-state index < -0.39 is 0 Å². The van der Waals surface area contributed by atoms with Crippen molar-refractivity contribution >= 4 is 11.9 Å². The predicted octanol–water partition coefficient (Wildman–Crippen LogP) is 2.45. The third-order valence-corrected chi connectivity index (χ3v) is 4.71. The minimum absolute atomic E-state index is 0.0249. The van der Waals surface area contributed by atoms with Crippen LogP contribution in [0.2, 0.25) is 0 Å². The molecule has 1 aromatic rings. The van der Waals surface area contributed by atoms with Crippen molar-refractivity contribution in [2.24, 2.45) is 4.99 Å². The van der Waals surface area contributed by atoms with Gasteiger partial charge in [-0.25, -0.2) is 4.99 Å². The van der Waals surface area contributed by atoms with E-state index in [4.69, 9.17) is 0 Å². The highest BCUT2D eigenvalue weighted by molar-refractivity contribution is 5.85. The summed E-state index contributed by atoms with van der Waals surface area (Å²) in [4.78, 5) is 18.5. The van der Waals surface area contributed by atoms with Crippen molar-refractivity contribution in [3.63, 3.8) is 0 Å². The van der Waals surface area contributed by atoms with Crippen molar-refractivity contribution < 1.29 is 4.79 Å². The van der Waals surface area contributed by atoms with Gasteiger partial charge < -0.3 is 15.5 Å². The molecule has 1 heterocycles. The van der Waals surface area contributed by atoms with E-state index in [0.29, 0.717) is 5.96 Å². The third kappa shape index (κ3) is 5.76. The maximum absolute atomic E-state index is 12.2. The first kappa shape index (κ1) is 19.3. The smallest absolute Gasteiger partial charge is 0.244 e. The molecule has 5 nitrogen and oxygen atoms in total. The first-order chi connectivity index (χ1) is 11.9. The molecular weight excluding hydrogens is 312 g/mol. The number of nitrogens with one attached hydrogen (secondary N) is 2. The summed E-state index contributed by atoms with van der Waals surface area (Å²) in [6, 6.07) is 8.64. The van der Waals surface area contributed by atoms with Crippen LogP contribution < -0.4 is 10.6 Å². The van der Waals surface area contributed by atoms with Gasteiger partial charge in [-0.05, 0) is 32.3 Å². The molecule has 1 fully saturated rings. The van der Waals surface area contributed by atoms with Crippen molar-refractivity contribution in [1.29, 1.82) is 0 Å². The lowest BCUT2D eigenvalue weighted by molar-refractivity contribution is -0.128. The van der Waals surface area contributed by atoms with Gasteiger partial charge >= 0.3 is 0 Å². The number of nitrogens with zero attached hydrogens (tertiary/aromatic N) is 2. The van der Waals surface area contributed by atoms with Crippen LogP contribution in [-0.2, 0) is 10.2 Å². The summed E-state index contributed by atoms with van der Waals surface area (Å²) in [7, 11) is 0. The van der Waals surface area contributed by atoms with Crippen LogP contribution in [0.1, 0.15) is 44.7 Å². The van der Waals surface area contributed by atoms with Gasteiger partial charge in [-0.3, -0.25) is 4.79 Å². The Morgan fingerprint density at radius 2 is 1.80 bits per heavy atom. The fourth-order valence-electron chi connectivity index (χ4n) is 2.97. The molecule has 0 saturated carbocycles. The zero-order valence-corrected chi connectivity index (χ0v) is 16.1. The molecule has 1 aliphatic rings. The molecule has 1 amide bonds. The molecule has 1 aromatic carbocycles. The Morgan fingerprint density at radius 1 is 1.16 bits per heavy atom. The summed E-state index contributed by atoms with van der Waals surface area (Å²) in [5, 5.41) is 6.62. The predicted molar refractivity (Wildman–Crippen MR) is 104 cm³/mol. The van der Waals surface area contributed by atoms with E-state index in [-0.39, 0.29) is 17.9 Å². The Balaban J connectivity index is 1.94. The minimum Gasteiger partial charge on any atom is -0.357 e. The topological polar surface area (TPSA) is 56.7 Å². The second-order valence-electron chi connectivity index (χ2n) is 7.39. The second-order valence-corrected chi connectivity index (χ2v) is 7.39. The van der Waals surface area contributed by atoms with Crippen LogP contribution in [0, 0.1) is 6.92 Å². The molecule has 1 aliphatic heterocycles. The van der Waals surface area contributed by atoms with Crippen LogP contribution in [0.4, 0.5) is 0 Å². The maximum Gasteiger partial charge on any atom is 0.244 e. The molecule has 0 atom stereocenters. The number of amides is 1. The largest absolute Gasteiger partial charge is 0.357 e. The summed E-state index contributed by atoms with van der Waals surface area (Å²) in [6.45, 7) is 12.0. The fraction of sp³-hybridized carbons (Fsp3) is 0.600. The molecule has 0 radical (unpaired) electrons. The zero-order valence-electron chi connectivity index (χ0n) is 16.1. The fourth-order valence-corrected chi connectivity index (χ4v) is 2.97. The SMILES string of the molecule is CCNC(=NCC(=O)N1CCCC1)NCC(C)(C)c1ccc(C)cc1. The van der Waals surface area contributed by atoms with E-state index in [1.165, 1.54) is 11.1 Å². The summed E-state index contributed by atoms with van der Waals surface area (Å²) in [6.07, 6.45) is 2.22. The third-order valence-electron chi connectivity index (χ3n) is 4.71. The first-order valence-electron chi connectivity index (χ1n) is 9.29. The molecule has 0 unspecified atom stereocenters. The van der Waals surface area contributed by atoms with Crippen molar-refractivity contribution in [2.45, 2.75) is 46.0 Å². The molecule has 2 N–H and O–H groups in total. The van der Waals surface area contributed by atoms with Crippen LogP contribution in [0.25, 0.3) is 0 Å². The molecule has 5 heteroatoms. The average molecular weight is 345 g/mol. The number of aliphatic imine (C=N–C) groups is 1. The van der Waals surface area contributed by atoms with Gasteiger partial charge in [0.25, 0.3) is 0 Å². The highest BCUT2D eigenvalue weighted by atomic mass is 16.2. The highest BCUT2D eigenvalue weighted by Crippen LogP contribution is 2.22. The van der Waals surface area contributed by atoms with Gasteiger partial charge in [-0.2, -0.15) is 0 Å². The molecule has 138 valence electrons. The summed E-state index contributed by atoms with van der Waals surface area (Å²) in [5.74, 6) is 0.822. The van der Waals surface area contributed by atoms with E-state index in [2.05, 4.69) is 60.7 Å². The van der Waals surface area contributed by atoms with Crippen molar-refractivity contribution in [2.75, 3.05) is 32.7 Å². The highest BCUT2D eigenvalue weighted by Gasteiger charge is 2.21. The number of carbonyl (C=O) groups excluding carboxylic acids is 1. The molecule has 0 spiro atoms. The Kier molecular flexibility index (Phi) is 6.85. The molecule has 0 aliphatic carbocycles. The van der Waals surface area contributed by atoms with Crippen LogP contribution in [0.5, 0.6) is 0 Å². The van der Waals surface area contributed by atoms with Crippen LogP contribution in [0.3, 0.4) is 0 Å². The Labute approximate surface area is 151 Å². The van der Waals surface area contributed by atoms with Gasteiger partial charge in [0.2, 0.25) is 5.91 Å². The second kappa shape index (κ2) is 8.88. The standard InChI is InChI=1S/C20H32N4O/c1-5-21-19(22-14-18(25)24-12-6-7-13-24)23-15-20(3,4)17-10-8-16(2)9-11-17/h8-11H,5-7,12-15H2,1-4H3,(H2,21,22,23). The lowest BCUT2D eigenvalue weighted by atomic mass is 9.84. The van der Waals surface area contributed by atoms with Crippen molar-refractivity contribution in [1.82, 2.24) is 15.5 Å². The van der Waals surface area contributed by atoms with E-state index in [1.54, 1.807) is 0 Å². The molecular formula is C20H32N4O. The van der Waals surface area contributed by atoms with Gasteiger partial charge in [0, 0.05) is 31.6 Å².